The van der Waals surface area contributed by atoms with Crippen LogP contribution in [0.1, 0.15) is 21.7 Å². The molecule has 0 bridgehead atoms. The van der Waals surface area contributed by atoms with Gasteiger partial charge in [0.1, 0.15) is 10.7 Å². The zero-order valence-corrected chi connectivity index (χ0v) is 16.5. The minimum atomic E-state index is -3.14. The van der Waals surface area contributed by atoms with Crippen LogP contribution < -0.4 is 0 Å². The molecular weight excluding hydrogens is 379 g/mol. The van der Waals surface area contributed by atoms with Gasteiger partial charge in [0.2, 0.25) is 0 Å². The highest BCUT2D eigenvalue weighted by Crippen LogP contribution is 2.35. The van der Waals surface area contributed by atoms with Crippen LogP contribution in [-0.2, 0) is 21.2 Å². The van der Waals surface area contributed by atoms with Gasteiger partial charge in [-0.15, -0.1) is 11.3 Å². The number of halogens is 1. The maximum Gasteiger partial charge on any atom is 0.278 e. The van der Waals surface area contributed by atoms with Crippen molar-refractivity contribution in [1.29, 1.82) is 0 Å². The lowest BCUT2D eigenvalue weighted by molar-refractivity contribution is 0.00123. The zero-order valence-electron chi connectivity index (χ0n) is 14.9. The van der Waals surface area contributed by atoms with Gasteiger partial charge in [0, 0.05) is 36.9 Å². The first-order valence-electron chi connectivity index (χ1n) is 8.15. The smallest absolute Gasteiger partial charge is 0.278 e. The summed E-state index contributed by atoms with van der Waals surface area (Å²) >= 11 is 1.20. The summed E-state index contributed by atoms with van der Waals surface area (Å²) in [5.41, 5.74) is 0.503. The zero-order chi connectivity index (χ0) is 19.1. The van der Waals surface area contributed by atoms with E-state index in [1.807, 2.05) is 0 Å². The number of hydrogen-bond acceptors (Lipinski definition) is 6. The molecule has 0 N–H and O–H groups in total. The third kappa shape index (κ3) is 3.48. The molecule has 1 atom stereocenters. The SMILES string of the molecule is COCc1c(C(=O)N(C2CCS(=O)(=O)C2)N(C)C)sc2cccc(F)c12. The molecular formula is C17H21FN2O4S2. The van der Waals surface area contributed by atoms with Crippen molar-refractivity contribution in [2.24, 2.45) is 0 Å². The van der Waals surface area contributed by atoms with Crippen LogP contribution in [-0.4, -0.2) is 63.1 Å². The molecule has 1 unspecified atom stereocenters. The number of hydrogen-bond donors (Lipinski definition) is 0. The van der Waals surface area contributed by atoms with E-state index in [-0.39, 0.29) is 24.0 Å². The first-order chi connectivity index (χ1) is 12.2. The van der Waals surface area contributed by atoms with Crippen LogP contribution >= 0.6 is 11.3 Å². The predicted molar refractivity (Wildman–Crippen MR) is 99.4 cm³/mol. The number of nitrogens with zero attached hydrogens (tertiary/aromatic N) is 2. The van der Waals surface area contributed by atoms with Crippen LogP contribution in [0.15, 0.2) is 18.2 Å². The molecule has 6 nitrogen and oxygen atoms in total. The van der Waals surface area contributed by atoms with Gasteiger partial charge >= 0.3 is 0 Å². The molecule has 0 spiro atoms. The average molecular weight is 400 g/mol. The van der Waals surface area contributed by atoms with E-state index in [1.165, 1.54) is 29.5 Å². The van der Waals surface area contributed by atoms with E-state index in [1.54, 1.807) is 31.2 Å². The maximum absolute atomic E-state index is 14.3. The number of thiophene rings is 1. The normalized spacial score (nSPS) is 19.3. The fraction of sp³-hybridized carbons (Fsp3) is 0.471. The molecule has 2 aromatic rings. The number of ether oxygens (including phenoxy) is 1. The van der Waals surface area contributed by atoms with Gasteiger partial charge < -0.3 is 4.74 Å². The van der Waals surface area contributed by atoms with Crippen LogP contribution in [0.4, 0.5) is 4.39 Å². The molecule has 142 valence electrons. The number of benzene rings is 1. The molecule has 1 amide bonds. The Morgan fingerprint density at radius 1 is 1.38 bits per heavy atom. The Morgan fingerprint density at radius 3 is 2.69 bits per heavy atom. The van der Waals surface area contributed by atoms with Crippen molar-refractivity contribution in [3.05, 3.63) is 34.5 Å². The quantitative estimate of drug-likeness (QED) is 0.721. The summed E-state index contributed by atoms with van der Waals surface area (Å²) < 4.78 is 43.9. The Hall–Kier alpha value is -1.55. The number of fused-ring (bicyclic) bond motifs is 1. The van der Waals surface area contributed by atoms with Crippen LogP contribution in [0, 0.1) is 5.82 Å². The second kappa shape index (κ2) is 7.22. The molecule has 2 heterocycles. The van der Waals surface area contributed by atoms with Gasteiger partial charge in [-0.25, -0.2) is 17.8 Å². The molecule has 0 aliphatic carbocycles. The number of hydrazine groups is 1. The number of sulfone groups is 1. The first kappa shape index (κ1) is 19.2. The van der Waals surface area contributed by atoms with E-state index in [9.17, 15) is 17.6 Å². The molecule has 1 aromatic heterocycles. The second-order valence-corrected chi connectivity index (χ2v) is 9.79. The van der Waals surface area contributed by atoms with E-state index >= 15 is 0 Å². The fourth-order valence-electron chi connectivity index (χ4n) is 3.37. The van der Waals surface area contributed by atoms with Gasteiger partial charge in [-0.3, -0.25) is 9.80 Å². The molecule has 1 aliphatic heterocycles. The van der Waals surface area contributed by atoms with Gasteiger partial charge in [-0.05, 0) is 18.6 Å². The summed E-state index contributed by atoms with van der Waals surface area (Å²) in [6.07, 6.45) is 0.394. The summed E-state index contributed by atoms with van der Waals surface area (Å²) in [5.74, 6) is -0.716. The highest BCUT2D eigenvalue weighted by Gasteiger charge is 2.37. The third-order valence-electron chi connectivity index (χ3n) is 4.44. The minimum absolute atomic E-state index is 0.0597. The lowest BCUT2D eigenvalue weighted by Gasteiger charge is -2.33. The highest BCUT2D eigenvalue weighted by molar-refractivity contribution is 7.91. The highest BCUT2D eigenvalue weighted by atomic mass is 32.2. The summed E-state index contributed by atoms with van der Waals surface area (Å²) in [6.45, 7) is 0.103. The Bertz CT molecular complexity index is 940. The van der Waals surface area contributed by atoms with E-state index in [4.69, 9.17) is 4.74 Å². The molecule has 0 radical (unpaired) electrons. The molecule has 0 saturated carbocycles. The Labute approximate surface area is 156 Å². The summed E-state index contributed by atoms with van der Waals surface area (Å²) in [7, 11) is 1.75. The number of rotatable bonds is 5. The maximum atomic E-state index is 14.3. The largest absolute Gasteiger partial charge is 0.380 e. The van der Waals surface area contributed by atoms with Gasteiger partial charge in [0.05, 0.1) is 24.2 Å². The number of carbonyl (C=O) groups excluding carboxylic acids is 1. The predicted octanol–water partition coefficient (Wildman–Crippen LogP) is 2.29. The van der Waals surface area contributed by atoms with Crippen molar-refractivity contribution < 1.29 is 22.3 Å². The molecule has 1 fully saturated rings. The molecule has 1 saturated heterocycles. The Morgan fingerprint density at radius 2 is 2.12 bits per heavy atom. The lowest BCUT2D eigenvalue weighted by atomic mass is 10.1. The van der Waals surface area contributed by atoms with Crippen LogP contribution in [0.2, 0.25) is 0 Å². The van der Waals surface area contributed by atoms with Gasteiger partial charge in [-0.2, -0.15) is 0 Å². The van der Waals surface area contributed by atoms with Crippen molar-refractivity contribution in [1.82, 2.24) is 10.0 Å². The molecule has 1 aliphatic rings. The standard InChI is InChI=1S/C17H21FN2O4S2/c1-19(2)20(11-7-8-26(22,23)10-11)17(21)16-12(9-24-3)15-13(18)5-4-6-14(15)25-16/h4-6,11H,7-10H2,1-3H3. The van der Waals surface area contributed by atoms with Crippen molar-refractivity contribution >= 4 is 37.2 Å². The fourth-order valence-corrected chi connectivity index (χ4v) is 6.21. The minimum Gasteiger partial charge on any atom is -0.380 e. The molecule has 1 aromatic carbocycles. The first-order valence-corrected chi connectivity index (χ1v) is 10.8. The molecule has 3 rings (SSSR count). The van der Waals surface area contributed by atoms with Crippen molar-refractivity contribution in [3.8, 4) is 0 Å². The van der Waals surface area contributed by atoms with E-state index in [2.05, 4.69) is 0 Å². The van der Waals surface area contributed by atoms with E-state index in [0.717, 1.165) is 0 Å². The van der Waals surface area contributed by atoms with Crippen molar-refractivity contribution in [2.45, 2.75) is 19.1 Å². The average Bonchev–Trinajstić information content (AvgIpc) is 3.09. The van der Waals surface area contributed by atoms with Crippen LogP contribution in [0.25, 0.3) is 10.1 Å². The monoisotopic (exact) mass is 400 g/mol. The van der Waals surface area contributed by atoms with E-state index < -0.39 is 21.7 Å². The molecule has 26 heavy (non-hydrogen) atoms. The summed E-state index contributed by atoms with van der Waals surface area (Å²) in [5, 5.41) is 3.46. The number of methoxy groups -OCH3 is 1. The Balaban J connectivity index is 2.07. The number of amides is 1. The third-order valence-corrected chi connectivity index (χ3v) is 7.38. The Kier molecular flexibility index (Phi) is 5.34. The summed E-state index contributed by atoms with van der Waals surface area (Å²) in [4.78, 5) is 13.7. The topological polar surface area (TPSA) is 66.9 Å². The lowest BCUT2D eigenvalue weighted by Crippen LogP contribution is -2.49. The van der Waals surface area contributed by atoms with Crippen molar-refractivity contribution in [2.75, 3.05) is 32.7 Å². The van der Waals surface area contributed by atoms with Gasteiger partial charge in [0.25, 0.3) is 5.91 Å². The van der Waals surface area contributed by atoms with E-state index in [0.29, 0.717) is 26.9 Å². The number of carbonyl (C=O) groups is 1. The van der Waals surface area contributed by atoms with Crippen molar-refractivity contribution in [3.63, 3.8) is 0 Å². The summed E-state index contributed by atoms with van der Waals surface area (Å²) in [6, 6.07) is 4.30. The van der Waals surface area contributed by atoms with Crippen LogP contribution in [0.3, 0.4) is 0 Å². The van der Waals surface area contributed by atoms with Crippen LogP contribution in [0.5, 0.6) is 0 Å². The van der Waals surface area contributed by atoms with Gasteiger partial charge in [-0.1, -0.05) is 6.07 Å². The molecule has 9 heteroatoms. The van der Waals surface area contributed by atoms with Gasteiger partial charge in [0.15, 0.2) is 9.84 Å². The second-order valence-electron chi connectivity index (χ2n) is 6.51.